The lowest BCUT2D eigenvalue weighted by molar-refractivity contribution is 0.505. The molecule has 0 aliphatic heterocycles. The van der Waals surface area contributed by atoms with Gasteiger partial charge < -0.3 is 4.42 Å². The van der Waals surface area contributed by atoms with Crippen LogP contribution in [0.5, 0.6) is 0 Å². The van der Waals surface area contributed by atoms with Crippen molar-refractivity contribution in [2.24, 2.45) is 0 Å². The molecule has 0 saturated carbocycles. The van der Waals surface area contributed by atoms with Crippen molar-refractivity contribution in [2.45, 2.75) is 10.6 Å². The molecule has 3 nitrogen and oxygen atoms in total. The van der Waals surface area contributed by atoms with Crippen LogP contribution in [0, 0.1) is 11.6 Å². The monoisotopic (exact) mass is 338 g/mol. The van der Waals surface area contributed by atoms with Gasteiger partial charge in [-0.1, -0.05) is 11.6 Å². The second kappa shape index (κ2) is 6.46. The van der Waals surface area contributed by atoms with Gasteiger partial charge in [0, 0.05) is 15.5 Å². The van der Waals surface area contributed by atoms with Crippen LogP contribution in [0.25, 0.3) is 11.5 Å². The highest BCUT2D eigenvalue weighted by molar-refractivity contribution is 7.98. The average molecular weight is 339 g/mol. The minimum Gasteiger partial charge on any atom is -0.420 e. The van der Waals surface area contributed by atoms with E-state index < -0.39 is 11.6 Å². The summed E-state index contributed by atoms with van der Waals surface area (Å²) in [4.78, 5) is 0.588. The molecule has 2 aromatic carbocycles. The van der Waals surface area contributed by atoms with Crippen molar-refractivity contribution in [3.63, 3.8) is 0 Å². The largest absolute Gasteiger partial charge is 0.420 e. The average Bonchev–Trinajstić information content (AvgIpc) is 2.98. The molecule has 0 aliphatic rings. The SMILES string of the molecule is Fc1ccc(SCc2nnc(-c3ccc(Cl)cc3)o2)cc1F. The third kappa shape index (κ3) is 3.45. The summed E-state index contributed by atoms with van der Waals surface area (Å²) in [6.07, 6.45) is 0. The number of benzene rings is 2. The summed E-state index contributed by atoms with van der Waals surface area (Å²) in [6, 6.07) is 10.7. The maximum atomic E-state index is 13.1. The van der Waals surface area contributed by atoms with E-state index >= 15 is 0 Å². The summed E-state index contributed by atoms with van der Waals surface area (Å²) in [5, 5.41) is 8.51. The van der Waals surface area contributed by atoms with Gasteiger partial charge in [0.2, 0.25) is 11.8 Å². The topological polar surface area (TPSA) is 38.9 Å². The minimum absolute atomic E-state index is 0.367. The molecule has 112 valence electrons. The number of rotatable bonds is 4. The zero-order valence-electron chi connectivity index (χ0n) is 11.1. The van der Waals surface area contributed by atoms with Crippen LogP contribution < -0.4 is 0 Å². The maximum absolute atomic E-state index is 13.1. The molecule has 0 bridgehead atoms. The van der Waals surface area contributed by atoms with Gasteiger partial charge in [-0.15, -0.1) is 22.0 Å². The fourth-order valence-electron chi connectivity index (χ4n) is 1.73. The van der Waals surface area contributed by atoms with Crippen molar-refractivity contribution in [1.82, 2.24) is 10.2 Å². The van der Waals surface area contributed by atoms with E-state index in [4.69, 9.17) is 16.0 Å². The lowest BCUT2D eigenvalue weighted by atomic mass is 10.2. The molecule has 0 aliphatic carbocycles. The van der Waals surface area contributed by atoms with Crippen LogP contribution in [-0.2, 0) is 5.75 Å². The van der Waals surface area contributed by atoms with E-state index in [9.17, 15) is 8.78 Å². The van der Waals surface area contributed by atoms with Crippen LogP contribution in [0.1, 0.15) is 5.89 Å². The van der Waals surface area contributed by atoms with Gasteiger partial charge in [-0.3, -0.25) is 0 Å². The van der Waals surface area contributed by atoms with E-state index in [-0.39, 0.29) is 0 Å². The lowest BCUT2D eigenvalue weighted by Gasteiger charge is -1.99. The molecule has 0 radical (unpaired) electrons. The van der Waals surface area contributed by atoms with Crippen LogP contribution in [0.15, 0.2) is 51.8 Å². The Kier molecular flexibility index (Phi) is 4.40. The zero-order chi connectivity index (χ0) is 15.5. The van der Waals surface area contributed by atoms with Gasteiger partial charge in [0.05, 0.1) is 5.75 Å². The van der Waals surface area contributed by atoms with Crippen molar-refractivity contribution in [3.8, 4) is 11.5 Å². The van der Waals surface area contributed by atoms with E-state index in [2.05, 4.69) is 10.2 Å². The molecule has 3 rings (SSSR count). The molecule has 7 heteroatoms. The van der Waals surface area contributed by atoms with Crippen molar-refractivity contribution < 1.29 is 13.2 Å². The van der Waals surface area contributed by atoms with Gasteiger partial charge in [-0.2, -0.15) is 0 Å². The number of halogens is 3. The maximum Gasteiger partial charge on any atom is 0.247 e. The number of nitrogens with zero attached hydrogens (tertiary/aromatic N) is 2. The molecule has 0 atom stereocenters. The van der Waals surface area contributed by atoms with E-state index in [0.717, 1.165) is 17.7 Å². The third-order valence-corrected chi connectivity index (χ3v) is 4.04. The zero-order valence-corrected chi connectivity index (χ0v) is 12.7. The Hall–Kier alpha value is -1.92. The van der Waals surface area contributed by atoms with Crippen LogP contribution in [0.4, 0.5) is 8.78 Å². The highest BCUT2D eigenvalue weighted by Crippen LogP contribution is 2.26. The molecule has 0 spiro atoms. The standard InChI is InChI=1S/C15H9ClF2N2OS/c16-10-3-1-9(2-4-10)15-20-19-14(21-15)8-22-11-5-6-12(17)13(18)7-11/h1-7H,8H2. The molecule has 0 saturated heterocycles. The Labute approximate surface area is 134 Å². The van der Waals surface area contributed by atoms with Gasteiger partial charge >= 0.3 is 0 Å². The van der Waals surface area contributed by atoms with Crippen LogP contribution in [-0.4, -0.2) is 10.2 Å². The van der Waals surface area contributed by atoms with Gasteiger partial charge in [-0.25, -0.2) is 8.78 Å². The van der Waals surface area contributed by atoms with E-state index in [1.54, 1.807) is 24.3 Å². The van der Waals surface area contributed by atoms with Gasteiger partial charge in [0.15, 0.2) is 11.6 Å². The van der Waals surface area contributed by atoms with Crippen molar-refractivity contribution in [3.05, 3.63) is 65.0 Å². The summed E-state index contributed by atoms with van der Waals surface area (Å²) >= 11 is 7.10. The Morgan fingerprint density at radius 1 is 1.00 bits per heavy atom. The van der Waals surface area contributed by atoms with E-state index in [1.807, 2.05) is 0 Å². The molecular weight excluding hydrogens is 330 g/mol. The van der Waals surface area contributed by atoms with Gasteiger partial charge in [0.25, 0.3) is 0 Å². The molecule has 0 amide bonds. The molecule has 0 N–H and O–H groups in total. The molecule has 1 aromatic heterocycles. The van der Waals surface area contributed by atoms with Crippen molar-refractivity contribution >= 4 is 23.4 Å². The third-order valence-electron chi connectivity index (χ3n) is 2.81. The molecule has 3 aromatic rings. The first-order chi connectivity index (χ1) is 10.6. The second-order valence-electron chi connectivity index (χ2n) is 4.37. The predicted molar refractivity (Wildman–Crippen MR) is 80.7 cm³/mol. The summed E-state index contributed by atoms with van der Waals surface area (Å²) < 4.78 is 31.5. The highest BCUT2D eigenvalue weighted by atomic mass is 35.5. The first-order valence-electron chi connectivity index (χ1n) is 6.28. The van der Waals surface area contributed by atoms with E-state index in [1.165, 1.54) is 17.8 Å². The molecule has 1 heterocycles. The second-order valence-corrected chi connectivity index (χ2v) is 5.86. The Balaban J connectivity index is 1.69. The smallest absolute Gasteiger partial charge is 0.247 e. The number of hydrogen-bond acceptors (Lipinski definition) is 4. The first-order valence-corrected chi connectivity index (χ1v) is 7.64. The Morgan fingerprint density at radius 3 is 2.50 bits per heavy atom. The van der Waals surface area contributed by atoms with Crippen molar-refractivity contribution in [2.75, 3.05) is 0 Å². The summed E-state index contributed by atoms with van der Waals surface area (Å²) in [5.41, 5.74) is 0.765. The lowest BCUT2D eigenvalue weighted by Crippen LogP contribution is -1.85. The molecule has 0 unspecified atom stereocenters. The highest BCUT2D eigenvalue weighted by Gasteiger charge is 2.10. The minimum atomic E-state index is -0.877. The Bertz CT molecular complexity index is 792. The Morgan fingerprint density at radius 2 is 1.77 bits per heavy atom. The molecule has 22 heavy (non-hydrogen) atoms. The molecular formula is C15H9ClF2N2OS. The van der Waals surface area contributed by atoms with Crippen LogP contribution in [0.2, 0.25) is 5.02 Å². The predicted octanol–water partition coefficient (Wildman–Crippen LogP) is 4.96. The molecule has 0 fully saturated rings. The summed E-state index contributed by atoms with van der Waals surface area (Å²) in [5.74, 6) is -0.590. The normalized spacial score (nSPS) is 10.9. The van der Waals surface area contributed by atoms with Crippen LogP contribution >= 0.6 is 23.4 Å². The number of hydrogen-bond donors (Lipinski definition) is 0. The summed E-state index contributed by atoms with van der Waals surface area (Å²) in [6.45, 7) is 0. The fraction of sp³-hybridized carbons (Fsp3) is 0.0667. The van der Waals surface area contributed by atoms with Gasteiger partial charge in [-0.05, 0) is 42.5 Å². The van der Waals surface area contributed by atoms with E-state index in [0.29, 0.717) is 27.5 Å². The number of thioether (sulfide) groups is 1. The van der Waals surface area contributed by atoms with Gasteiger partial charge in [0.1, 0.15) is 0 Å². The number of aromatic nitrogens is 2. The fourth-order valence-corrected chi connectivity index (χ4v) is 2.62. The first kappa shape index (κ1) is 15.0. The quantitative estimate of drug-likeness (QED) is 0.630. The van der Waals surface area contributed by atoms with Crippen LogP contribution in [0.3, 0.4) is 0 Å². The van der Waals surface area contributed by atoms with Crippen molar-refractivity contribution in [1.29, 1.82) is 0 Å². The summed E-state index contributed by atoms with van der Waals surface area (Å²) in [7, 11) is 0.